The predicted octanol–water partition coefficient (Wildman–Crippen LogP) is 4.34. The number of esters is 1. The molecule has 0 heterocycles. The van der Waals surface area contributed by atoms with Gasteiger partial charge in [0.05, 0.1) is 37.1 Å². The Kier molecular flexibility index (Phi) is 10.2. The van der Waals surface area contributed by atoms with Gasteiger partial charge in [-0.2, -0.15) is 0 Å². The summed E-state index contributed by atoms with van der Waals surface area (Å²) in [5.41, 5.74) is 0.586. The zero-order chi connectivity index (χ0) is 26.5. The number of hydrogen-bond acceptors (Lipinski definition) is 7. The predicted molar refractivity (Wildman–Crippen MR) is 145 cm³/mol. The Hall–Kier alpha value is -1.60. The molecule has 0 saturated carbocycles. The third kappa shape index (κ3) is 7.45. The maximum absolute atomic E-state index is 13.6. The quantitative estimate of drug-likeness (QED) is 0.131. The fourth-order valence-corrected chi connectivity index (χ4v) is 8.21. The summed E-state index contributed by atoms with van der Waals surface area (Å²) in [7, 11) is 0.717. The molecule has 0 fully saturated rings. The molecule has 0 saturated heterocycles. The molecule has 0 N–H and O–H groups in total. The molecule has 0 spiro atoms. The van der Waals surface area contributed by atoms with Crippen LogP contribution in [0.4, 0.5) is 0 Å². The van der Waals surface area contributed by atoms with Gasteiger partial charge in [-0.15, -0.1) is 0 Å². The van der Waals surface area contributed by atoms with Gasteiger partial charge in [0, 0.05) is 5.92 Å². The molecule has 1 unspecified atom stereocenters. The van der Waals surface area contributed by atoms with Gasteiger partial charge in [0.2, 0.25) is 5.76 Å². The van der Waals surface area contributed by atoms with E-state index in [1.54, 1.807) is 19.2 Å². The maximum atomic E-state index is 13.6. The lowest BCUT2D eigenvalue weighted by Crippen LogP contribution is -2.67. The Labute approximate surface area is 210 Å². The molecule has 0 bridgehead atoms. The summed E-state index contributed by atoms with van der Waals surface area (Å²) in [6, 6.07) is 7.26. The van der Waals surface area contributed by atoms with Crippen LogP contribution < -0.4 is 4.74 Å². The van der Waals surface area contributed by atoms with Crippen LogP contribution in [0.2, 0.25) is 39.3 Å². The third-order valence-electron chi connectivity index (χ3n) is 5.01. The highest BCUT2D eigenvalue weighted by atomic mass is 28.4. The van der Waals surface area contributed by atoms with Crippen molar-refractivity contribution in [3.05, 3.63) is 35.6 Å². The Balaban J connectivity index is 3.62. The summed E-state index contributed by atoms with van der Waals surface area (Å²) >= 11 is 0. The highest BCUT2D eigenvalue weighted by Gasteiger charge is 2.56. The van der Waals surface area contributed by atoms with Gasteiger partial charge in [-0.3, -0.25) is 0 Å². The summed E-state index contributed by atoms with van der Waals surface area (Å²) in [5, 5.41) is -1.01. The van der Waals surface area contributed by atoms with Crippen LogP contribution >= 0.6 is 0 Å². The average molecular weight is 529 g/mol. The van der Waals surface area contributed by atoms with Crippen molar-refractivity contribution < 1.29 is 32.6 Å². The minimum atomic E-state index is -2.10. The number of rotatable bonds is 12. The van der Waals surface area contributed by atoms with Gasteiger partial charge in [0.25, 0.3) is 0 Å². The van der Waals surface area contributed by atoms with Crippen LogP contribution in [0.5, 0.6) is 5.75 Å². The lowest BCUT2D eigenvalue weighted by Gasteiger charge is -2.53. The Bertz CT molecular complexity index is 852. The highest BCUT2D eigenvalue weighted by molar-refractivity contribution is 6.71. The first kappa shape index (κ1) is 30.4. The van der Waals surface area contributed by atoms with E-state index < -0.39 is 33.6 Å². The van der Waals surface area contributed by atoms with E-state index in [4.69, 9.17) is 27.8 Å². The number of carbonyl (C=O) groups is 1. The molecule has 0 aromatic heterocycles. The van der Waals surface area contributed by atoms with Gasteiger partial charge in [-0.05, 0) is 58.3 Å². The number of para-hydroxylation sites is 1. The zero-order valence-corrected chi connectivity index (χ0v) is 27.2. The third-order valence-corrected chi connectivity index (χ3v) is 7.75. The maximum Gasteiger partial charge on any atom is 0.378 e. The smallest absolute Gasteiger partial charge is 0.378 e. The van der Waals surface area contributed by atoms with Crippen LogP contribution in [0.15, 0.2) is 30.0 Å². The summed E-state index contributed by atoms with van der Waals surface area (Å²) in [6.07, 6.45) is 0. The second kappa shape index (κ2) is 11.4. The molecular weight excluding hydrogens is 485 g/mol. The van der Waals surface area contributed by atoms with Crippen LogP contribution in [0.3, 0.4) is 0 Å². The molecule has 0 aliphatic heterocycles. The van der Waals surface area contributed by atoms with Gasteiger partial charge >= 0.3 is 5.97 Å². The van der Waals surface area contributed by atoms with Gasteiger partial charge < -0.3 is 27.8 Å². The lowest BCUT2D eigenvalue weighted by molar-refractivity contribution is -0.246. The van der Waals surface area contributed by atoms with Crippen molar-refractivity contribution in [3.8, 4) is 5.75 Å². The van der Waals surface area contributed by atoms with Crippen molar-refractivity contribution in [2.45, 2.75) is 71.1 Å². The van der Waals surface area contributed by atoms with E-state index in [-0.39, 0.29) is 17.4 Å². The van der Waals surface area contributed by atoms with Gasteiger partial charge in [0.1, 0.15) is 11.0 Å². The Morgan fingerprint density at radius 1 is 0.912 bits per heavy atom. The fourth-order valence-electron chi connectivity index (χ4n) is 3.88. The number of ether oxygens (including phenoxy) is 4. The van der Waals surface area contributed by atoms with Gasteiger partial charge in [-0.25, -0.2) is 4.79 Å². The number of methoxy groups -OCH3 is 3. The minimum absolute atomic E-state index is 0.0484. The highest BCUT2D eigenvalue weighted by Crippen LogP contribution is 2.41. The van der Waals surface area contributed by atoms with Gasteiger partial charge in [0.15, 0.2) is 28.2 Å². The molecule has 0 radical (unpaired) electrons. The second-order valence-electron chi connectivity index (χ2n) is 10.9. The molecule has 0 amide bonds. The van der Waals surface area contributed by atoms with Gasteiger partial charge in [-0.1, -0.05) is 26.0 Å². The van der Waals surface area contributed by atoms with E-state index in [9.17, 15) is 4.79 Å². The second-order valence-corrected chi connectivity index (χ2v) is 21.7. The molecule has 10 heteroatoms. The first-order valence-corrected chi connectivity index (χ1v) is 19.4. The van der Waals surface area contributed by atoms with E-state index in [2.05, 4.69) is 39.3 Å². The summed E-state index contributed by atoms with van der Waals surface area (Å²) in [4.78, 5) is 13.6. The van der Waals surface area contributed by atoms with Crippen molar-refractivity contribution in [3.63, 3.8) is 0 Å². The van der Waals surface area contributed by atoms with E-state index >= 15 is 0 Å². The Morgan fingerprint density at radius 2 is 1.41 bits per heavy atom. The van der Waals surface area contributed by atoms with Crippen LogP contribution in [0, 0.1) is 5.92 Å². The Morgan fingerprint density at radius 3 is 1.79 bits per heavy atom. The average Bonchev–Trinajstić information content (AvgIpc) is 2.68. The molecule has 1 rings (SSSR count). The summed E-state index contributed by atoms with van der Waals surface area (Å²) in [6.45, 7) is 18.7. The molecule has 7 nitrogen and oxygen atoms in total. The van der Waals surface area contributed by atoms with Crippen LogP contribution in [0.25, 0.3) is 5.76 Å². The topological polar surface area (TPSA) is 72.5 Å². The summed E-state index contributed by atoms with van der Waals surface area (Å²) < 4.78 is 36.3. The van der Waals surface area contributed by atoms with Crippen molar-refractivity contribution in [2.75, 3.05) is 21.3 Å². The molecule has 1 atom stereocenters. The zero-order valence-electron chi connectivity index (χ0n) is 23.2. The van der Waals surface area contributed by atoms with Crippen LogP contribution in [-0.4, -0.2) is 65.2 Å². The molecule has 34 heavy (non-hydrogen) atoms. The minimum Gasteiger partial charge on any atom is -0.496 e. The van der Waals surface area contributed by atoms with Crippen LogP contribution in [0.1, 0.15) is 26.3 Å². The largest absolute Gasteiger partial charge is 0.496 e. The number of carbonyl (C=O) groups excluding carboxylic acids is 1. The normalized spacial score (nSPS) is 15.4. The summed E-state index contributed by atoms with van der Waals surface area (Å²) in [5.74, 6) is -1.06. The first-order chi connectivity index (χ1) is 15.4. The molecule has 0 aliphatic carbocycles. The standard InChI is InChI=1S/C24H44O7Si3/c1-17(2)24(30-33(7,8)9,31-34(10,11)12)23(3,32)29-22(25)21(28-6)20(27-5)18-15-13-14-16-19(18)26-4/h13-17H,1-12,32H3. The molecular formula is C24H44O7Si3. The van der Waals surface area contributed by atoms with E-state index in [0.29, 0.717) is 21.6 Å². The molecule has 194 valence electrons. The monoisotopic (exact) mass is 528 g/mol. The van der Waals surface area contributed by atoms with Crippen molar-refractivity contribution in [2.24, 2.45) is 5.92 Å². The lowest BCUT2D eigenvalue weighted by atomic mass is 9.97. The fraction of sp³-hybridized carbons (Fsp3) is 0.625. The van der Waals surface area contributed by atoms with E-state index in [1.165, 1.54) is 14.2 Å². The van der Waals surface area contributed by atoms with Crippen molar-refractivity contribution in [1.29, 1.82) is 0 Å². The van der Waals surface area contributed by atoms with E-state index in [0.717, 1.165) is 0 Å². The first-order valence-electron chi connectivity index (χ1n) is 11.5. The van der Waals surface area contributed by atoms with E-state index in [1.807, 2.05) is 32.9 Å². The molecule has 1 aromatic carbocycles. The van der Waals surface area contributed by atoms with Crippen molar-refractivity contribution >= 4 is 38.6 Å². The van der Waals surface area contributed by atoms with Crippen molar-refractivity contribution in [1.82, 2.24) is 0 Å². The van der Waals surface area contributed by atoms with Crippen LogP contribution in [-0.2, 0) is 27.9 Å². The number of benzene rings is 1. The number of hydrogen-bond donors (Lipinski definition) is 0. The SMILES string of the molecule is COC(C(=O)OC(C)([SiH3])C(O[Si](C)(C)C)(O[Si](C)(C)C)C(C)C)=C(OC)c1ccccc1OC. The molecule has 0 aliphatic rings. The molecule has 1 aromatic rings.